The fourth-order valence-corrected chi connectivity index (χ4v) is 7.44. The zero-order valence-corrected chi connectivity index (χ0v) is 22.1. The topological polar surface area (TPSA) is 88.5 Å². The van der Waals surface area contributed by atoms with Crippen molar-refractivity contribution in [2.24, 2.45) is 5.41 Å². The monoisotopic (exact) mass is 509 g/mol. The molecule has 0 bridgehead atoms. The predicted molar refractivity (Wildman–Crippen MR) is 139 cm³/mol. The van der Waals surface area contributed by atoms with E-state index in [-0.39, 0.29) is 5.60 Å². The van der Waals surface area contributed by atoms with Gasteiger partial charge in [0.2, 0.25) is 16.0 Å². The maximum Gasteiger partial charge on any atom is 0.225 e. The number of rotatable bonds is 5. The standard InChI is InChI=1S/C27H35N5O3S/c1-3-4-20-15-29-25(30-16-20)31-11-7-26(8-12-31)18-27(19-26)14-22-13-23(28-17-24(22)35-27)21-5-9-32(10-6-21)36(2,33)34/h5,13,15-17H,3-4,6-12,14,18-19H2,1-2H3. The van der Waals surface area contributed by atoms with Crippen molar-refractivity contribution in [2.45, 2.75) is 63.9 Å². The first-order chi connectivity index (χ1) is 17.3. The Morgan fingerprint density at radius 3 is 2.44 bits per heavy atom. The van der Waals surface area contributed by atoms with Crippen LogP contribution in [0.4, 0.5) is 5.95 Å². The van der Waals surface area contributed by atoms with Crippen molar-refractivity contribution in [3.63, 3.8) is 0 Å². The summed E-state index contributed by atoms with van der Waals surface area (Å²) in [5, 5.41) is 0. The van der Waals surface area contributed by atoms with Crippen LogP contribution >= 0.6 is 0 Å². The maximum absolute atomic E-state index is 11.8. The number of nitrogens with zero attached hydrogens (tertiary/aromatic N) is 5. The molecule has 0 N–H and O–H groups in total. The number of sulfonamides is 1. The Labute approximate surface area is 213 Å². The third-order valence-corrected chi connectivity index (χ3v) is 9.76. The minimum atomic E-state index is -3.15. The molecule has 2 spiro atoms. The highest BCUT2D eigenvalue weighted by Crippen LogP contribution is 2.60. The summed E-state index contributed by atoms with van der Waals surface area (Å²) in [6, 6.07) is 2.17. The first-order valence-corrected chi connectivity index (χ1v) is 15.0. The van der Waals surface area contributed by atoms with Crippen molar-refractivity contribution in [1.82, 2.24) is 19.3 Å². The van der Waals surface area contributed by atoms with E-state index in [1.165, 1.54) is 21.7 Å². The lowest BCUT2D eigenvalue weighted by molar-refractivity contribution is -0.106. The van der Waals surface area contributed by atoms with Crippen LogP contribution in [0.3, 0.4) is 0 Å². The predicted octanol–water partition coefficient (Wildman–Crippen LogP) is 3.63. The van der Waals surface area contributed by atoms with Crippen molar-refractivity contribution in [3.8, 4) is 5.75 Å². The number of hydrogen-bond acceptors (Lipinski definition) is 7. The number of anilines is 1. The molecule has 0 atom stereocenters. The molecule has 1 aliphatic carbocycles. The molecule has 2 fully saturated rings. The molecule has 1 saturated heterocycles. The van der Waals surface area contributed by atoms with Gasteiger partial charge in [0.15, 0.2) is 0 Å². The van der Waals surface area contributed by atoms with Crippen LogP contribution < -0.4 is 9.64 Å². The highest BCUT2D eigenvalue weighted by molar-refractivity contribution is 7.88. The average Bonchev–Trinajstić information content (AvgIpc) is 3.23. The molecule has 9 heteroatoms. The third kappa shape index (κ3) is 4.41. The van der Waals surface area contributed by atoms with E-state index in [1.807, 2.05) is 24.7 Å². The molecule has 36 heavy (non-hydrogen) atoms. The summed E-state index contributed by atoms with van der Waals surface area (Å²) in [5.74, 6) is 1.78. The Balaban J connectivity index is 1.06. The quantitative estimate of drug-likeness (QED) is 0.608. The van der Waals surface area contributed by atoms with Gasteiger partial charge >= 0.3 is 0 Å². The van der Waals surface area contributed by atoms with Gasteiger partial charge in [-0.2, -0.15) is 4.31 Å². The van der Waals surface area contributed by atoms with Gasteiger partial charge in [-0.15, -0.1) is 0 Å². The van der Waals surface area contributed by atoms with Crippen LogP contribution in [0.5, 0.6) is 5.75 Å². The summed E-state index contributed by atoms with van der Waals surface area (Å²) >= 11 is 0. The van der Waals surface area contributed by atoms with Crippen molar-refractivity contribution in [3.05, 3.63) is 47.6 Å². The van der Waals surface area contributed by atoms with Crippen LogP contribution in [-0.4, -0.2) is 65.7 Å². The number of pyridine rings is 1. The lowest BCUT2D eigenvalue weighted by atomic mass is 9.54. The van der Waals surface area contributed by atoms with Gasteiger partial charge in [-0.05, 0) is 61.1 Å². The summed E-state index contributed by atoms with van der Waals surface area (Å²) in [6.45, 7) is 5.11. The Morgan fingerprint density at radius 2 is 1.81 bits per heavy atom. The summed E-state index contributed by atoms with van der Waals surface area (Å²) in [7, 11) is -3.15. The fourth-order valence-electron chi connectivity index (χ4n) is 6.67. The van der Waals surface area contributed by atoms with Crippen LogP contribution in [-0.2, 0) is 22.9 Å². The largest absolute Gasteiger partial charge is 0.485 e. The van der Waals surface area contributed by atoms with E-state index in [4.69, 9.17) is 4.74 Å². The SMILES string of the molecule is CCCc1cnc(N2CCC3(CC2)CC2(Cc4cc(C5=CCN(S(C)(=O)=O)CC5)ncc4O2)C3)nc1. The van der Waals surface area contributed by atoms with E-state index in [0.29, 0.717) is 24.9 Å². The minimum absolute atomic E-state index is 0.0862. The summed E-state index contributed by atoms with van der Waals surface area (Å²) in [4.78, 5) is 16.2. The van der Waals surface area contributed by atoms with Crippen molar-refractivity contribution < 1.29 is 13.2 Å². The minimum Gasteiger partial charge on any atom is -0.485 e. The van der Waals surface area contributed by atoms with Gasteiger partial charge in [-0.25, -0.2) is 18.4 Å². The van der Waals surface area contributed by atoms with E-state index >= 15 is 0 Å². The van der Waals surface area contributed by atoms with Gasteiger partial charge in [-0.1, -0.05) is 19.4 Å². The highest BCUT2D eigenvalue weighted by atomic mass is 32.2. The first kappa shape index (κ1) is 23.9. The maximum atomic E-state index is 11.8. The molecule has 2 aromatic heterocycles. The number of aromatic nitrogens is 3. The second-order valence-corrected chi connectivity index (χ2v) is 13.2. The summed E-state index contributed by atoms with van der Waals surface area (Å²) in [6.07, 6.45) is 17.4. The van der Waals surface area contributed by atoms with Gasteiger partial charge in [0.05, 0.1) is 18.1 Å². The van der Waals surface area contributed by atoms with Crippen LogP contribution in [0.1, 0.15) is 62.3 Å². The van der Waals surface area contributed by atoms with E-state index < -0.39 is 10.0 Å². The molecule has 3 aliphatic heterocycles. The average molecular weight is 510 g/mol. The second-order valence-electron chi connectivity index (χ2n) is 11.2. The van der Waals surface area contributed by atoms with Crippen molar-refractivity contribution >= 4 is 21.5 Å². The molecule has 192 valence electrons. The van der Waals surface area contributed by atoms with Gasteiger partial charge in [0.25, 0.3) is 0 Å². The van der Waals surface area contributed by atoms with Gasteiger partial charge in [0, 0.05) is 50.6 Å². The molecule has 0 radical (unpaired) electrons. The fraction of sp³-hybridized carbons (Fsp3) is 0.593. The van der Waals surface area contributed by atoms with E-state index in [2.05, 4.69) is 32.8 Å². The normalized spacial score (nSPS) is 22.7. The highest BCUT2D eigenvalue weighted by Gasteiger charge is 2.59. The van der Waals surface area contributed by atoms with Gasteiger partial charge < -0.3 is 9.64 Å². The molecule has 8 nitrogen and oxygen atoms in total. The molecule has 5 heterocycles. The molecule has 1 saturated carbocycles. The second kappa shape index (κ2) is 8.80. The Bertz CT molecular complexity index is 1270. The van der Waals surface area contributed by atoms with Crippen LogP contribution in [0.15, 0.2) is 30.7 Å². The lowest BCUT2D eigenvalue weighted by Gasteiger charge is -2.57. The molecule has 0 unspecified atom stereocenters. The third-order valence-electron chi connectivity index (χ3n) is 8.49. The molecule has 6 rings (SSSR count). The molecular weight excluding hydrogens is 474 g/mol. The number of ether oxygens (including phenoxy) is 1. The zero-order chi connectivity index (χ0) is 25.0. The lowest BCUT2D eigenvalue weighted by Crippen LogP contribution is -2.58. The smallest absolute Gasteiger partial charge is 0.225 e. The molecular formula is C27H35N5O3S. The number of piperidine rings is 1. The van der Waals surface area contributed by atoms with Crippen molar-refractivity contribution in [2.75, 3.05) is 37.3 Å². The Morgan fingerprint density at radius 1 is 1.06 bits per heavy atom. The Kier molecular flexibility index (Phi) is 5.83. The van der Waals surface area contributed by atoms with E-state index in [9.17, 15) is 8.42 Å². The van der Waals surface area contributed by atoms with Gasteiger partial charge in [-0.3, -0.25) is 4.98 Å². The van der Waals surface area contributed by atoms with Crippen molar-refractivity contribution in [1.29, 1.82) is 0 Å². The van der Waals surface area contributed by atoms with E-state index in [1.54, 1.807) is 0 Å². The summed E-state index contributed by atoms with van der Waals surface area (Å²) < 4.78 is 31.6. The van der Waals surface area contributed by atoms with Gasteiger partial charge in [0.1, 0.15) is 11.4 Å². The summed E-state index contributed by atoms with van der Waals surface area (Å²) in [5.41, 5.74) is 4.80. The molecule has 2 aromatic rings. The first-order valence-electron chi connectivity index (χ1n) is 13.1. The van der Waals surface area contributed by atoms with Crippen LogP contribution in [0.2, 0.25) is 0 Å². The van der Waals surface area contributed by atoms with E-state index in [0.717, 1.165) is 81.0 Å². The van der Waals surface area contributed by atoms with Crippen LogP contribution in [0, 0.1) is 5.41 Å². The number of hydrogen-bond donors (Lipinski definition) is 0. The molecule has 0 amide bonds. The number of fused-ring (bicyclic) bond motifs is 1. The number of aryl methyl sites for hydroxylation is 1. The zero-order valence-electron chi connectivity index (χ0n) is 21.2. The molecule has 4 aliphatic rings. The van der Waals surface area contributed by atoms with Crippen LogP contribution in [0.25, 0.3) is 5.57 Å². The Hall–Kier alpha value is -2.52. The molecule has 0 aromatic carbocycles.